The molecule has 1 aromatic carbocycles. The maximum atomic E-state index is 13.4. The molecule has 0 aliphatic heterocycles. The fourth-order valence-corrected chi connectivity index (χ4v) is 1.62. The first-order valence-electron chi connectivity index (χ1n) is 6.25. The van der Waals surface area contributed by atoms with E-state index in [1.165, 1.54) is 0 Å². The summed E-state index contributed by atoms with van der Waals surface area (Å²) in [7, 11) is 1.60. The van der Waals surface area contributed by atoms with Crippen LogP contribution in [0.2, 0.25) is 0 Å². The Balaban J connectivity index is 2.04. The smallest absolute Gasteiger partial charge is 0.318 e. The largest absolute Gasteiger partial charge is 0.497 e. The molecule has 20 heavy (non-hydrogen) atoms. The van der Waals surface area contributed by atoms with Crippen LogP contribution < -0.4 is 14.8 Å². The SMILES string of the molecule is CCNc1nc(OCc2cccc(OC)c2)ncc1F. The summed E-state index contributed by atoms with van der Waals surface area (Å²) in [6.45, 7) is 2.72. The van der Waals surface area contributed by atoms with E-state index in [1.54, 1.807) is 7.11 Å². The third-order valence-electron chi connectivity index (χ3n) is 2.57. The number of anilines is 1. The molecule has 0 spiro atoms. The number of hydrogen-bond donors (Lipinski definition) is 1. The maximum absolute atomic E-state index is 13.4. The molecule has 0 aliphatic carbocycles. The number of aromatic nitrogens is 2. The molecule has 0 radical (unpaired) electrons. The lowest BCUT2D eigenvalue weighted by molar-refractivity contribution is 0.279. The van der Waals surface area contributed by atoms with Crippen LogP contribution in [0, 0.1) is 5.82 Å². The zero-order chi connectivity index (χ0) is 14.4. The van der Waals surface area contributed by atoms with Gasteiger partial charge >= 0.3 is 6.01 Å². The summed E-state index contributed by atoms with van der Waals surface area (Å²) < 4.78 is 23.9. The van der Waals surface area contributed by atoms with Gasteiger partial charge < -0.3 is 14.8 Å². The van der Waals surface area contributed by atoms with Gasteiger partial charge in [0.15, 0.2) is 11.6 Å². The van der Waals surface area contributed by atoms with Gasteiger partial charge in [0, 0.05) is 6.54 Å². The Morgan fingerprint density at radius 3 is 2.95 bits per heavy atom. The van der Waals surface area contributed by atoms with E-state index in [-0.39, 0.29) is 18.4 Å². The van der Waals surface area contributed by atoms with Crippen molar-refractivity contribution in [3.05, 3.63) is 41.8 Å². The lowest BCUT2D eigenvalue weighted by Crippen LogP contribution is -2.06. The summed E-state index contributed by atoms with van der Waals surface area (Å²) in [5.74, 6) is 0.392. The van der Waals surface area contributed by atoms with E-state index < -0.39 is 5.82 Å². The third-order valence-corrected chi connectivity index (χ3v) is 2.57. The van der Waals surface area contributed by atoms with Crippen LogP contribution >= 0.6 is 0 Å². The second kappa shape index (κ2) is 6.70. The standard InChI is InChI=1S/C14H16FN3O2/c1-3-16-13-12(15)8-17-14(18-13)20-9-10-5-4-6-11(7-10)19-2/h4-8H,3,9H2,1-2H3,(H,16,17,18). The van der Waals surface area contributed by atoms with E-state index in [0.717, 1.165) is 17.5 Å². The predicted molar refractivity (Wildman–Crippen MR) is 73.5 cm³/mol. The monoisotopic (exact) mass is 277 g/mol. The Kier molecular flexibility index (Phi) is 4.70. The first kappa shape index (κ1) is 14.0. The second-order valence-corrected chi connectivity index (χ2v) is 4.02. The normalized spacial score (nSPS) is 10.2. The van der Waals surface area contributed by atoms with Crippen LogP contribution in [0.1, 0.15) is 12.5 Å². The van der Waals surface area contributed by atoms with Crippen molar-refractivity contribution < 1.29 is 13.9 Å². The number of methoxy groups -OCH3 is 1. The van der Waals surface area contributed by atoms with Gasteiger partial charge in [-0.15, -0.1) is 0 Å². The van der Waals surface area contributed by atoms with Crippen LogP contribution in [-0.2, 0) is 6.61 Å². The van der Waals surface area contributed by atoms with E-state index in [1.807, 2.05) is 31.2 Å². The molecule has 0 bridgehead atoms. The second-order valence-electron chi connectivity index (χ2n) is 4.02. The Labute approximate surface area is 116 Å². The molecule has 106 valence electrons. The maximum Gasteiger partial charge on any atom is 0.318 e. The van der Waals surface area contributed by atoms with Crippen molar-refractivity contribution in [1.82, 2.24) is 9.97 Å². The molecular weight excluding hydrogens is 261 g/mol. The topological polar surface area (TPSA) is 56.3 Å². The van der Waals surface area contributed by atoms with Gasteiger partial charge in [0.05, 0.1) is 13.3 Å². The van der Waals surface area contributed by atoms with Gasteiger partial charge in [-0.25, -0.2) is 9.37 Å². The third kappa shape index (κ3) is 3.57. The summed E-state index contributed by atoms with van der Waals surface area (Å²) in [5, 5.41) is 2.81. The summed E-state index contributed by atoms with van der Waals surface area (Å²) in [6.07, 6.45) is 1.09. The molecule has 2 rings (SSSR count). The number of halogens is 1. The van der Waals surface area contributed by atoms with Crippen molar-refractivity contribution in [3.63, 3.8) is 0 Å². The Morgan fingerprint density at radius 1 is 1.35 bits per heavy atom. The molecule has 0 saturated carbocycles. The Bertz CT molecular complexity index is 578. The van der Waals surface area contributed by atoms with Crippen LogP contribution in [0.5, 0.6) is 11.8 Å². The van der Waals surface area contributed by atoms with Crippen LogP contribution in [0.25, 0.3) is 0 Å². The predicted octanol–water partition coefficient (Wildman–Crippen LogP) is 2.64. The number of rotatable bonds is 6. The van der Waals surface area contributed by atoms with Crippen molar-refractivity contribution in [2.24, 2.45) is 0 Å². The van der Waals surface area contributed by atoms with Crippen molar-refractivity contribution >= 4 is 5.82 Å². The molecule has 1 N–H and O–H groups in total. The molecule has 0 unspecified atom stereocenters. The van der Waals surface area contributed by atoms with Gasteiger partial charge in [0.2, 0.25) is 0 Å². The van der Waals surface area contributed by atoms with E-state index >= 15 is 0 Å². The fraction of sp³-hybridized carbons (Fsp3) is 0.286. The molecule has 1 heterocycles. The molecule has 5 nitrogen and oxygen atoms in total. The molecule has 1 aromatic heterocycles. The highest BCUT2D eigenvalue weighted by molar-refractivity contribution is 5.35. The van der Waals surface area contributed by atoms with Gasteiger partial charge in [-0.05, 0) is 24.6 Å². The van der Waals surface area contributed by atoms with Crippen molar-refractivity contribution in [1.29, 1.82) is 0 Å². The van der Waals surface area contributed by atoms with Gasteiger partial charge in [0.1, 0.15) is 12.4 Å². The van der Waals surface area contributed by atoms with E-state index in [2.05, 4.69) is 15.3 Å². The first-order valence-corrected chi connectivity index (χ1v) is 6.25. The van der Waals surface area contributed by atoms with Crippen LogP contribution in [-0.4, -0.2) is 23.6 Å². The number of ether oxygens (including phenoxy) is 2. The zero-order valence-electron chi connectivity index (χ0n) is 11.4. The summed E-state index contributed by atoms with van der Waals surface area (Å²) in [6, 6.07) is 7.60. The van der Waals surface area contributed by atoms with Crippen molar-refractivity contribution in [2.75, 3.05) is 19.0 Å². The van der Waals surface area contributed by atoms with Gasteiger partial charge in [-0.3, -0.25) is 0 Å². The highest BCUT2D eigenvalue weighted by Gasteiger charge is 2.07. The molecule has 0 atom stereocenters. The quantitative estimate of drug-likeness (QED) is 0.879. The molecular formula is C14H16FN3O2. The minimum atomic E-state index is -0.499. The molecule has 2 aromatic rings. The first-order chi connectivity index (χ1) is 9.72. The highest BCUT2D eigenvalue weighted by Crippen LogP contribution is 2.16. The van der Waals surface area contributed by atoms with E-state index in [0.29, 0.717) is 6.54 Å². The summed E-state index contributed by atoms with van der Waals surface area (Å²) in [4.78, 5) is 7.77. The Hall–Kier alpha value is -2.37. The van der Waals surface area contributed by atoms with Gasteiger partial charge in [-0.2, -0.15) is 4.98 Å². The van der Waals surface area contributed by atoms with Crippen molar-refractivity contribution in [3.8, 4) is 11.8 Å². The minimum Gasteiger partial charge on any atom is -0.497 e. The summed E-state index contributed by atoms with van der Waals surface area (Å²) in [5.41, 5.74) is 0.919. The molecule has 0 aliphatic rings. The van der Waals surface area contributed by atoms with Crippen LogP contribution in [0.3, 0.4) is 0 Å². The molecule has 6 heteroatoms. The molecule has 0 saturated heterocycles. The average molecular weight is 277 g/mol. The highest BCUT2D eigenvalue weighted by atomic mass is 19.1. The number of nitrogens with one attached hydrogen (secondary N) is 1. The number of hydrogen-bond acceptors (Lipinski definition) is 5. The number of nitrogens with zero attached hydrogens (tertiary/aromatic N) is 2. The number of benzene rings is 1. The van der Waals surface area contributed by atoms with Gasteiger partial charge in [-0.1, -0.05) is 12.1 Å². The average Bonchev–Trinajstić information content (AvgIpc) is 2.48. The minimum absolute atomic E-state index is 0.130. The van der Waals surface area contributed by atoms with E-state index in [9.17, 15) is 4.39 Å². The summed E-state index contributed by atoms with van der Waals surface area (Å²) >= 11 is 0. The Morgan fingerprint density at radius 2 is 2.20 bits per heavy atom. The van der Waals surface area contributed by atoms with Crippen molar-refractivity contribution in [2.45, 2.75) is 13.5 Å². The zero-order valence-corrected chi connectivity index (χ0v) is 11.4. The van der Waals surface area contributed by atoms with Gasteiger partial charge in [0.25, 0.3) is 0 Å². The lowest BCUT2D eigenvalue weighted by Gasteiger charge is -2.08. The molecule has 0 fully saturated rings. The molecule has 0 amide bonds. The van der Waals surface area contributed by atoms with Crippen LogP contribution in [0.15, 0.2) is 30.5 Å². The van der Waals surface area contributed by atoms with E-state index in [4.69, 9.17) is 9.47 Å². The lowest BCUT2D eigenvalue weighted by atomic mass is 10.2. The fourth-order valence-electron chi connectivity index (χ4n) is 1.62. The van der Waals surface area contributed by atoms with Crippen LogP contribution in [0.4, 0.5) is 10.2 Å².